The van der Waals surface area contributed by atoms with E-state index in [0.29, 0.717) is 0 Å². The molecule has 1 aliphatic rings. The number of ether oxygens (including phenoxy) is 1. The second kappa shape index (κ2) is 7.39. The molecule has 9 nitrogen and oxygen atoms in total. The zero-order valence-corrected chi connectivity index (χ0v) is 15.3. The third-order valence-electron chi connectivity index (χ3n) is 4.30. The molecular weight excluding hydrogens is 368 g/mol. The number of alkyl halides is 2. The number of nitrogens with zero attached hydrogens (tertiary/aromatic N) is 2. The topological polar surface area (TPSA) is 125 Å². The van der Waals surface area contributed by atoms with Gasteiger partial charge in [0.05, 0.1) is 18.6 Å². The molecule has 1 aliphatic heterocycles. The normalized spacial score (nSPS) is 25.9. The second-order valence-electron chi connectivity index (χ2n) is 7.43. The largest absolute Gasteiger partial charge is 0.444 e. The van der Waals surface area contributed by atoms with Crippen molar-refractivity contribution in [3.8, 4) is 0 Å². The molecule has 1 aromatic rings. The van der Waals surface area contributed by atoms with Gasteiger partial charge in [0, 0.05) is 11.8 Å². The van der Waals surface area contributed by atoms with Crippen molar-refractivity contribution in [3.63, 3.8) is 0 Å². The number of aromatic nitrogens is 2. The monoisotopic (exact) mass is 391 g/mol. The number of carbonyl (C=O) groups excluding carboxylic acids is 1. The average Bonchev–Trinajstić information content (AvgIpc) is 2.81. The second-order valence-corrected chi connectivity index (χ2v) is 7.43. The molecule has 0 spiro atoms. The number of aliphatic hydroxyl groups excluding tert-OH is 2. The van der Waals surface area contributed by atoms with Gasteiger partial charge in [-0.05, 0) is 27.7 Å². The van der Waals surface area contributed by atoms with Crippen molar-refractivity contribution in [1.82, 2.24) is 14.5 Å². The van der Waals surface area contributed by atoms with Crippen LogP contribution in [0.25, 0.3) is 0 Å². The van der Waals surface area contributed by atoms with E-state index in [9.17, 15) is 33.4 Å². The molecule has 1 aromatic heterocycles. The molecular formula is C16H23F2N3O6. The first-order valence-corrected chi connectivity index (χ1v) is 8.29. The maximum absolute atomic E-state index is 13.5. The van der Waals surface area contributed by atoms with Crippen LogP contribution in [-0.2, 0) is 4.74 Å². The molecule has 1 amide bonds. The number of likely N-dealkylation sites (tertiary alicyclic amines) is 1. The third kappa shape index (κ3) is 4.03. The van der Waals surface area contributed by atoms with E-state index in [0.717, 1.165) is 15.7 Å². The maximum atomic E-state index is 13.5. The Morgan fingerprint density at radius 3 is 2.44 bits per heavy atom. The standard InChI is InChI=1S/C16H23F2N3O6/c1-7-5-20(14(25)19-12(7)24)13-10(23)9(11(17)18)8(6-22)21(13)15(26)27-16(2,3)4/h5,8-11,13,22-23H,6H2,1-4H3,(H,19,24,25)/t8-,9-,10-,13-/m1/s1. The number of aryl methyl sites for hydroxylation is 1. The van der Waals surface area contributed by atoms with Crippen LogP contribution < -0.4 is 11.2 Å². The number of halogens is 2. The van der Waals surface area contributed by atoms with Crippen LogP contribution in [0.4, 0.5) is 13.6 Å². The fraction of sp³-hybridized carbons (Fsp3) is 0.688. The summed E-state index contributed by atoms with van der Waals surface area (Å²) in [4.78, 5) is 39.2. The zero-order chi connectivity index (χ0) is 20.7. The van der Waals surface area contributed by atoms with Gasteiger partial charge in [0.15, 0.2) is 0 Å². The van der Waals surface area contributed by atoms with Gasteiger partial charge in [-0.15, -0.1) is 0 Å². The van der Waals surface area contributed by atoms with Crippen LogP contribution in [0.1, 0.15) is 32.5 Å². The van der Waals surface area contributed by atoms with Crippen molar-refractivity contribution in [2.75, 3.05) is 6.61 Å². The van der Waals surface area contributed by atoms with Crippen molar-refractivity contribution >= 4 is 6.09 Å². The Bertz CT molecular complexity index is 816. The minimum Gasteiger partial charge on any atom is -0.444 e. The van der Waals surface area contributed by atoms with Gasteiger partial charge >= 0.3 is 11.8 Å². The van der Waals surface area contributed by atoms with Gasteiger partial charge in [-0.3, -0.25) is 19.2 Å². The lowest BCUT2D eigenvalue weighted by molar-refractivity contribution is -0.0145. The van der Waals surface area contributed by atoms with Crippen LogP contribution in [0, 0.1) is 12.8 Å². The Hall–Kier alpha value is -2.27. The highest BCUT2D eigenvalue weighted by Crippen LogP contribution is 2.40. The van der Waals surface area contributed by atoms with Crippen LogP contribution in [-0.4, -0.2) is 61.5 Å². The molecule has 11 heteroatoms. The van der Waals surface area contributed by atoms with Gasteiger partial charge in [-0.1, -0.05) is 0 Å². The highest BCUT2D eigenvalue weighted by molar-refractivity contribution is 5.69. The van der Waals surface area contributed by atoms with Gasteiger partial charge in [-0.2, -0.15) is 0 Å². The Morgan fingerprint density at radius 2 is 1.96 bits per heavy atom. The number of rotatable bonds is 3. The van der Waals surface area contributed by atoms with Crippen LogP contribution in [0.5, 0.6) is 0 Å². The molecule has 0 saturated carbocycles. The van der Waals surface area contributed by atoms with Gasteiger partial charge in [0.1, 0.15) is 17.9 Å². The Labute approximate surface area is 153 Å². The van der Waals surface area contributed by atoms with E-state index in [1.54, 1.807) is 20.8 Å². The van der Waals surface area contributed by atoms with E-state index in [1.165, 1.54) is 6.92 Å². The number of nitrogens with one attached hydrogen (secondary N) is 1. The first-order valence-electron chi connectivity index (χ1n) is 8.29. The lowest BCUT2D eigenvalue weighted by Gasteiger charge is -2.33. The van der Waals surface area contributed by atoms with Crippen molar-refractivity contribution < 1.29 is 28.5 Å². The predicted octanol–water partition coefficient (Wildman–Crippen LogP) is 0.197. The van der Waals surface area contributed by atoms with E-state index in [-0.39, 0.29) is 5.56 Å². The molecule has 2 rings (SSSR count). The molecule has 3 N–H and O–H groups in total. The van der Waals surface area contributed by atoms with E-state index in [4.69, 9.17) is 4.74 Å². The number of amides is 1. The number of aromatic amines is 1. The lowest BCUT2D eigenvalue weighted by Crippen LogP contribution is -2.48. The molecule has 0 bridgehead atoms. The lowest BCUT2D eigenvalue weighted by atomic mass is 9.98. The number of H-pyrrole nitrogens is 1. The fourth-order valence-corrected chi connectivity index (χ4v) is 3.14. The van der Waals surface area contributed by atoms with E-state index in [1.807, 2.05) is 4.98 Å². The van der Waals surface area contributed by atoms with Crippen molar-refractivity contribution in [2.45, 2.75) is 58.0 Å². The van der Waals surface area contributed by atoms with Gasteiger partial charge in [0.25, 0.3) is 5.56 Å². The summed E-state index contributed by atoms with van der Waals surface area (Å²) in [6, 6.07) is -1.49. The predicted molar refractivity (Wildman–Crippen MR) is 89.5 cm³/mol. The Kier molecular flexibility index (Phi) is 5.76. The van der Waals surface area contributed by atoms with Crippen molar-refractivity contribution in [2.24, 2.45) is 5.92 Å². The van der Waals surface area contributed by atoms with Gasteiger partial charge in [0.2, 0.25) is 6.43 Å². The van der Waals surface area contributed by atoms with Crippen LogP contribution in [0.2, 0.25) is 0 Å². The molecule has 0 aliphatic carbocycles. The Balaban J connectivity index is 2.63. The molecule has 2 heterocycles. The molecule has 1 saturated heterocycles. The van der Waals surface area contributed by atoms with E-state index in [2.05, 4.69) is 0 Å². The Morgan fingerprint density at radius 1 is 1.37 bits per heavy atom. The number of aliphatic hydroxyl groups is 2. The van der Waals surface area contributed by atoms with Crippen molar-refractivity contribution in [3.05, 3.63) is 32.6 Å². The average molecular weight is 391 g/mol. The molecule has 0 aromatic carbocycles. The van der Waals surface area contributed by atoms with E-state index < -0.39 is 60.2 Å². The zero-order valence-electron chi connectivity index (χ0n) is 15.3. The molecule has 1 fully saturated rings. The summed E-state index contributed by atoms with van der Waals surface area (Å²) >= 11 is 0. The summed E-state index contributed by atoms with van der Waals surface area (Å²) in [6.45, 7) is 5.17. The molecule has 4 atom stereocenters. The first-order chi connectivity index (χ1) is 12.4. The molecule has 27 heavy (non-hydrogen) atoms. The molecule has 0 unspecified atom stereocenters. The molecule has 152 valence electrons. The highest BCUT2D eigenvalue weighted by atomic mass is 19.3. The minimum atomic E-state index is -3.08. The summed E-state index contributed by atoms with van der Waals surface area (Å²) in [5, 5.41) is 20.1. The van der Waals surface area contributed by atoms with Crippen LogP contribution >= 0.6 is 0 Å². The molecule has 0 radical (unpaired) electrons. The van der Waals surface area contributed by atoms with Crippen LogP contribution in [0.3, 0.4) is 0 Å². The summed E-state index contributed by atoms with van der Waals surface area (Å²) in [6.07, 6.45) is -6.55. The SMILES string of the molecule is Cc1cn([C@H]2[C@H](O)[C@H](C(F)F)[C@@H](CO)N2C(=O)OC(C)(C)C)c(=O)[nH]c1=O. The smallest absolute Gasteiger partial charge is 0.412 e. The van der Waals surface area contributed by atoms with Crippen LogP contribution in [0.15, 0.2) is 15.8 Å². The first kappa shape index (κ1) is 21.0. The summed E-state index contributed by atoms with van der Waals surface area (Å²) in [5.74, 6) is -1.81. The van der Waals surface area contributed by atoms with Gasteiger partial charge < -0.3 is 14.9 Å². The summed E-state index contributed by atoms with van der Waals surface area (Å²) < 4.78 is 33.1. The minimum absolute atomic E-state index is 0.0759. The van der Waals surface area contributed by atoms with Crippen molar-refractivity contribution in [1.29, 1.82) is 0 Å². The van der Waals surface area contributed by atoms with E-state index >= 15 is 0 Å². The number of carbonyl (C=O) groups is 1. The number of hydrogen-bond acceptors (Lipinski definition) is 6. The van der Waals surface area contributed by atoms with Gasteiger partial charge in [-0.25, -0.2) is 18.4 Å². The maximum Gasteiger partial charge on any atom is 0.412 e. The summed E-state index contributed by atoms with van der Waals surface area (Å²) in [5.41, 5.74) is -2.58. The summed E-state index contributed by atoms with van der Waals surface area (Å²) in [7, 11) is 0. The third-order valence-corrected chi connectivity index (χ3v) is 4.30. The number of hydrogen-bond donors (Lipinski definition) is 3. The quantitative estimate of drug-likeness (QED) is 0.676. The fourth-order valence-electron chi connectivity index (χ4n) is 3.14. The highest BCUT2D eigenvalue weighted by Gasteiger charge is 2.56.